The van der Waals surface area contributed by atoms with Gasteiger partial charge in [0.15, 0.2) is 0 Å². The molecule has 3 nitrogen and oxygen atoms in total. The highest BCUT2D eigenvalue weighted by Gasteiger charge is 2.25. The van der Waals surface area contributed by atoms with E-state index < -0.39 is 0 Å². The van der Waals surface area contributed by atoms with E-state index in [1.54, 1.807) is 0 Å². The Morgan fingerprint density at radius 1 is 1.27 bits per heavy atom. The molecule has 1 rings (SSSR count). The molecule has 1 aliphatic rings. The van der Waals surface area contributed by atoms with Crippen LogP contribution >= 0.6 is 11.6 Å². The van der Waals surface area contributed by atoms with Gasteiger partial charge in [-0.15, -0.1) is 11.6 Å². The van der Waals surface area contributed by atoms with Crippen molar-refractivity contribution in [3.63, 3.8) is 0 Å². The molecule has 2 N–H and O–H groups in total. The summed E-state index contributed by atoms with van der Waals surface area (Å²) in [5.41, 5.74) is -0.194. The van der Waals surface area contributed by atoms with Gasteiger partial charge in [0.25, 0.3) is 0 Å². The molecule has 15 heavy (non-hydrogen) atoms. The third-order valence-electron chi connectivity index (χ3n) is 2.49. The summed E-state index contributed by atoms with van der Waals surface area (Å²) in [5.74, 6) is 0. The third-order valence-corrected chi connectivity index (χ3v) is 3.01. The van der Waals surface area contributed by atoms with Crippen LogP contribution in [0.15, 0.2) is 0 Å². The quantitative estimate of drug-likeness (QED) is 0.671. The minimum absolute atomic E-state index is 0.0875. The van der Waals surface area contributed by atoms with Gasteiger partial charge in [0.05, 0.1) is 5.38 Å². The van der Waals surface area contributed by atoms with Gasteiger partial charge < -0.3 is 10.6 Å². The molecule has 1 aliphatic carbocycles. The van der Waals surface area contributed by atoms with Gasteiger partial charge >= 0.3 is 6.03 Å². The molecule has 2 unspecified atom stereocenters. The van der Waals surface area contributed by atoms with Crippen LogP contribution in [-0.4, -0.2) is 23.0 Å². The van der Waals surface area contributed by atoms with Crippen LogP contribution in [0.5, 0.6) is 0 Å². The zero-order valence-electron chi connectivity index (χ0n) is 9.77. The zero-order valence-corrected chi connectivity index (χ0v) is 10.5. The zero-order chi connectivity index (χ0) is 11.5. The van der Waals surface area contributed by atoms with Crippen LogP contribution in [-0.2, 0) is 0 Å². The maximum atomic E-state index is 11.6. The van der Waals surface area contributed by atoms with Crippen LogP contribution in [0.2, 0.25) is 0 Å². The van der Waals surface area contributed by atoms with E-state index in [-0.39, 0.29) is 23.0 Å². The van der Waals surface area contributed by atoms with Crippen molar-refractivity contribution in [3.8, 4) is 0 Å². The van der Waals surface area contributed by atoms with E-state index in [0.29, 0.717) is 0 Å². The number of hydrogen-bond donors (Lipinski definition) is 2. The molecule has 2 atom stereocenters. The van der Waals surface area contributed by atoms with Gasteiger partial charge in [-0.05, 0) is 33.6 Å². The highest BCUT2D eigenvalue weighted by molar-refractivity contribution is 6.21. The Kier molecular flexibility index (Phi) is 4.26. The smallest absolute Gasteiger partial charge is 0.315 e. The SMILES string of the molecule is CC(C)(C)NC(=O)NC1CCCCC1Cl. The Balaban J connectivity index is 2.36. The number of carbonyl (C=O) groups is 1. The highest BCUT2D eigenvalue weighted by Crippen LogP contribution is 2.22. The molecule has 1 saturated carbocycles. The van der Waals surface area contributed by atoms with Crippen molar-refractivity contribution in [1.29, 1.82) is 0 Å². The number of rotatable bonds is 1. The Bertz CT molecular complexity index is 225. The number of alkyl halides is 1. The lowest BCUT2D eigenvalue weighted by molar-refractivity contribution is 0.224. The fraction of sp³-hybridized carbons (Fsp3) is 0.909. The average Bonchev–Trinajstić information content (AvgIpc) is 2.05. The van der Waals surface area contributed by atoms with E-state index in [1.165, 1.54) is 6.42 Å². The molecule has 1 fully saturated rings. The molecule has 0 heterocycles. The van der Waals surface area contributed by atoms with Crippen LogP contribution in [0.25, 0.3) is 0 Å². The van der Waals surface area contributed by atoms with Gasteiger partial charge in [-0.2, -0.15) is 0 Å². The molecule has 0 aromatic heterocycles. The van der Waals surface area contributed by atoms with Crippen molar-refractivity contribution in [2.45, 2.75) is 63.4 Å². The maximum absolute atomic E-state index is 11.6. The third kappa shape index (κ3) is 4.74. The molecular formula is C11H21ClN2O. The Morgan fingerprint density at radius 2 is 1.87 bits per heavy atom. The summed E-state index contributed by atoms with van der Waals surface area (Å²) in [4.78, 5) is 11.6. The topological polar surface area (TPSA) is 41.1 Å². The van der Waals surface area contributed by atoms with Gasteiger partial charge in [-0.1, -0.05) is 12.8 Å². The van der Waals surface area contributed by atoms with Crippen LogP contribution in [0.1, 0.15) is 46.5 Å². The second-order valence-corrected chi connectivity index (χ2v) is 5.82. The van der Waals surface area contributed by atoms with E-state index in [4.69, 9.17) is 11.6 Å². The second-order valence-electron chi connectivity index (χ2n) is 5.26. The number of amides is 2. The number of urea groups is 1. The molecule has 2 amide bonds. The Morgan fingerprint density at radius 3 is 2.40 bits per heavy atom. The van der Waals surface area contributed by atoms with E-state index in [1.807, 2.05) is 20.8 Å². The maximum Gasteiger partial charge on any atom is 0.315 e. The lowest BCUT2D eigenvalue weighted by Crippen LogP contribution is -2.52. The number of halogens is 1. The minimum atomic E-state index is -0.194. The molecule has 0 saturated heterocycles. The number of nitrogens with one attached hydrogen (secondary N) is 2. The molecule has 0 aromatic rings. The number of hydrogen-bond acceptors (Lipinski definition) is 1. The predicted molar refractivity (Wildman–Crippen MR) is 63.3 cm³/mol. The molecular weight excluding hydrogens is 212 g/mol. The van der Waals surface area contributed by atoms with E-state index in [9.17, 15) is 4.79 Å². The molecule has 0 bridgehead atoms. The summed E-state index contributed by atoms with van der Waals surface area (Å²) in [6, 6.07) is 0.0165. The van der Waals surface area contributed by atoms with Gasteiger partial charge in [0.1, 0.15) is 0 Å². The lowest BCUT2D eigenvalue weighted by atomic mass is 9.95. The van der Waals surface area contributed by atoms with Crippen LogP contribution < -0.4 is 10.6 Å². The normalized spacial score (nSPS) is 27.2. The van der Waals surface area contributed by atoms with E-state index in [2.05, 4.69) is 10.6 Å². The fourth-order valence-electron chi connectivity index (χ4n) is 1.79. The summed E-state index contributed by atoms with van der Waals surface area (Å²) in [7, 11) is 0. The Hall–Kier alpha value is -0.440. The summed E-state index contributed by atoms with van der Waals surface area (Å²) in [6.45, 7) is 5.89. The first kappa shape index (κ1) is 12.6. The molecule has 0 spiro atoms. The van der Waals surface area contributed by atoms with Crippen molar-refractivity contribution in [3.05, 3.63) is 0 Å². The van der Waals surface area contributed by atoms with Crippen LogP contribution in [0, 0.1) is 0 Å². The molecule has 88 valence electrons. The lowest BCUT2D eigenvalue weighted by Gasteiger charge is -2.29. The summed E-state index contributed by atoms with van der Waals surface area (Å²) < 4.78 is 0. The first-order chi connectivity index (χ1) is 6.88. The van der Waals surface area contributed by atoms with Crippen molar-refractivity contribution in [1.82, 2.24) is 10.6 Å². The largest absolute Gasteiger partial charge is 0.334 e. The Labute approximate surface area is 96.9 Å². The monoisotopic (exact) mass is 232 g/mol. The summed E-state index contributed by atoms with van der Waals surface area (Å²) in [6.07, 6.45) is 4.32. The molecule has 0 radical (unpaired) electrons. The molecule has 0 aromatic carbocycles. The predicted octanol–water partition coefficient (Wildman–Crippen LogP) is 2.63. The van der Waals surface area contributed by atoms with E-state index >= 15 is 0 Å². The summed E-state index contributed by atoms with van der Waals surface area (Å²) >= 11 is 6.16. The van der Waals surface area contributed by atoms with Gasteiger partial charge in [-0.25, -0.2) is 4.79 Å². The van der Waals surface area contributed by atoms with Crippen LogP contribution in [0.4, 0.5) is 4.79 Å². The minimum Gasteiger partial charge on any atom is -0.334 e. The summed E-state index contributed by atoms with van der Waals surface area (Å²) in [5, 5.41) is 5.91. The van der Waals surface area contributed by atoms with E-state index in [0.717, 1.165) is 19.3 Å². The van der Waals surface area contributed by atoms with Crippen molar-refractivity contribution in [2.24, 2.45) is 0 Å². The highest BCUT2D eigenvalue weighted by atomic mass is 35.5. The van der Waals surface area contributed by atoms with Gasteiger partial charge in [0, 0.05) is 11.6 Å². The average molecular weight is 233 g/mol. The molecule has 4 heteroatoms. The van der Waals surface area contributed by atoms with Gasteiger partial charge in [0.2, 0.25) is 0 Å². The van der Waals surface area contributed by atoms with Gasteiger partial charge in [-0.3, -0.25) is 0 Å². The number of carbonyl (C=O) groups excluding carboxylic acids is 1. The first-order valence-corrected chi connectivity index (χ1v) is 6.05. The van der Waals surface area contributed by atoms with Crippen molar-refractivity contribution in [2.75, 3.05) is 0 Å². The standard InChI is InChI=1S/C11H21ClN2O/c1-11(2,3)14-10(15)13-9-7-5-4-6-8(9)12/h8-9H,4-7H2,1-3H3,(H2,13,14,15). The molecule has 0 aliphatic heterocycles. The second kappa shape index (κ2) is 5.06. The first-order valence-electron chi connectivity index (χ1n) is 5.61. The van der Waals surface area contributed by atoms with Crippen molar-refractivity contribution >= 4 is 17.6 Å². The van der Waals surface area contributed by atoms with Crippen molar-refractivity contribution < 1.29 is 4.79 Å². The van der Waals surface area contributed by atoms with Crippen LogP contribution in [0.3, 0.4) is 0 Å². The fourth-order valence-corrected chi connectivity index (χ4v) is 2.14.